The summed E-state index contributed by atoms with van der Waals surface area (Å²) in [6.45, 7) is 8.36. The summed E-state index contributed by atoms with van der Waals surface area (Å²) >= 11 is 0. The van der Waals surface area contributed by atoms with Gasteiger partial charge in [0.1, 0.15) is 36.4 Å². The van der Waals surface area contributed by atoms with E-state index in [1.54, 1.807) is 0 Å². The Hall–Kier alpha value is -3.80. The fourth-order valence-corrected chi connectivity index (χ4v) is 3.63. The van der Waals surface area contributed by atoms with Crippen LogP contribution >= 0.6 is 0 Å². The molecule has 0 bridgehead atoms. The van der Waals surface area contributed by atoms with Crippen molar-refractivity contribution in [2.24, 2.45) is 21.5 Å². The van der Waals surface area contributed by atoms with Crippen LogP contribution in [0.25, 0.3) is 0 Å². The third-order valence-corrected chi connectivity index (χ3v) is 5.41. The van der Waals surface area contributed by atoms with Gasteiger partial charge in [0.2, 0.25) is 0 Å². The first-order chi connectivity index (χ1) is 17.0. The van der Waals surface area contributed by atoms with Crippen LogP contribution in [-0.4, -0.2) is 24.8 Å². The highest BCUT2D eigenvalue weighted by molar-refractivity contribution is 5.99. The van der Waals surface area contributed by atoms with Crippen molar-refractivity contribution >= 4 is 11.7 Å². The molecule has 0 spiro atoms. The van der Waals surface area contributed by atoms with Gasteiger partial charge in [-0.05, 0) is 37.5 Å². The highest BCUT2D eigenvalue weighted by atomic mass is 16.5. The van der Waals surface area contributed by atoms with E-state index in [1.807, 2.05) is 73.7 Å². The monoisotopic (exact) mass is 472 g/mol. The Balaban J connectivity index is 1.72. The molecule has 6 nitrogen and oxygen atoms in total. The summed E-state index contributed by atoms with van der Waals surface area (Å²) in [5.74, 6) is 2.55. The molecule has 0 radical (unpaired) electrons. The zero-order valence-electron chi connectivity index (χ0n) is 21.0. The van der Waals surface area contributed by atoms with Crippen LogP contribution in [0.1, 0.15) is 54.5 Å². The number of amidine groups is 2. The Bertz CT molecular complexity index is 1080. The molecule has 0 fully saturated rings. The van der Waals surface area contributed by atoms with E-state index in [0.29, 0.717) is 38.0 Å². The zero-order valence-corrected chi connectivity index (χ0v) is 21.0. The van der Waals surface area contributed by atoms with Crippen molar-refractivity contribution in [1.82, 2.24) is 0 Å². The topological polar surface area (TPSA) is 95.2 Å². The Kier molecular flexibility index (Phi) is 9.72. The van der Waals surface area contributed by atoms with E-state index >= 15 is 0 Å². The normalized spacial score (nSPS) is 12.0. The third-order valence-electron chi connectivity index (χ3n) is 5.41. The van der Waals surface area contributed by atoms with E-state index in [0.717, 1.165) is 52.2 Å². The van der Waals surface area contributed by atoms with Crippen molar-refractivity contribution in [1.29, 1.82) is 0 Å². The highest BCUT2D eigenvalue weighted by Gasteiger charge is 2.10. The van der Waals surface area contributed by atoms with Crippen molar-refractivity contribution in [2.75, 3.05) is 13.1 Å². The summed E-state index contributed by atoms with van der Waals surface area (Å²) in [5.41, 5.74) is 17.3. The van der Waals surface area contributed by atoms with E-state index in [1.165, 1.54) is 0 Å². The van der Waals surface area contributed by atoms with Crippen molar-refractivity contribution in [2.45, 2.75) is 46.8 Å². The maximum Gasteiger partial charge on any atom is 0.126 e. The smallest absolute Gasteiger partial charge is 0.126 e. The van der Waals surface area contributed by atoms with Crippen molar-refractivity contribution < 1.29 is 9.47 Å². The molecule has 0 amide bonds. The minimum Gasteiger partial charge on any atom is -0.489 e. The predicted octanol–water partition coefficient (Wildman–Crippen LogP) is 5.38. The molecule has 0 aliphatic carbocycles. The second-order valence-corrected chi connectivity index (χ2v) is 8.41. The average Bonchev–Trinajstić information content (AvgIpc) is 2.88. The molecule has 0 unspecified atom stereocenters. The summed E-state index contributed by atoms with van der Waals surface area (Å²) in [6, 6.07) is 21.8. The maximum atomic E-state index is 6.21. The van der Waals surface area contributed by atoms with Gasteiger partial charge >= 0.3 is 0 Å². The number of ether oxygens (including phenoxy) is 2. The Morgan fingerprint density at radius 3 is 1.54 bits per heavy atom. The first kappa shape index (κ1) is 25.8. The lowest BCUT2D eigenvalue weighted by atomic mass is 10.1. The molecule has 3 aromatic rings. The van der Waals surface area contributed by atoms with Gasteiger partial charge in [0.05, 0.1) is 0 Å². The van der Waals surface area contributed by atoms with Crippen LogP contribution in [0.2, 0.25) is 0 Å². The highest BCUT2D eigenvalue weighted by Crippen LogP contribution is 2.25. The second kappa shape index (κ2) is 13.2. The number of nitrogens with zero attached hydrogens (tertiary/aromatic N) is 2. The van der Waals surface area contributed by atoms with Gasteiger partial charge in [0.25, 0.3) is 0 Å². The van der Waals surface area contributed by atoms with Crippen LogP contribution in [0.4, 0.5) is 0 Å². The molecule has 184 valence electrons. The molecule has 0 saturated carbocycles. The number of nitrogens with two attached hydrogens (primary N) is 2. The fourth-order valence-electron chi connectivity index (χ4n) is 3.63. The van der Waals surface area contributed by atoms with Crippen LogP contribution in [0.15, 0.2) is 76.7 Å². The Labute approximate surface area is 208 Å². The average molecular weight is 473 g/mol. The van der Waals surface area contributed by atoms with Gasteiger partial charge in [-0.3, -0.25) is 9.98 Å². The largest absolute Gasteiger partial charge is 0.489 e. The summed E-state index contributed by atoms with van der Waals surface area (Å²) in [5, 5.41) is 0. The van der Waals surface area contributed by atoms with Crippen LogP contribution in [-0.2, 0) is 13.2 Å². The van der Waals surface area contributed by atoms with Gasteiger partial charge in [-0.15, -0.1) is 0 Å². The van der Waals surface area contributed by atoms with Gasteiger partial charge < -0.3 is 20.9 Å². The van der Waals surface area contributed by atoms with E-state index in [-0.39, 0.29) is 0 Å². The molecule has 0 aliphatic heterocycles. The van der Waals surface area contributed by atoms with Gasteiger partial charge in [-0.2, -0.15) is 0 Å². The van der Waals surface area contributed by atoms with Crippen LogP contribution < -0.4 is 20.9 Å². The molecule has 3 aromatic carbocycles. The van der Waals surface area contributed by atoms with E-state index in [2.05, 4.69) is 23.8 Å². The zero-order chi connectivity index (χ0) is 25.0. The number of aliphatic imine (C=N–C) groups is 2. The van der Waals surface area contributed by atoms with Gasteiger partial charge in [-0.1, -0.05) is 62.4 Å². The molecular weight excluding hydrogens is 436 g/mol. The molecule has 4 N–H and O–H groups in total. The number of benzene rings is 3. The Morgan fingerprint density at radius 2 is 1.11 bits per heavy atom. The Morgan fingerprint density at radius 1 is 0.686 bits per heavy atom. The standard InChI is InChI=1S/C29H36N4O2/c1-4-14-32-28(30)26-12-8-6-10-22(26)19-34-24-16-21(3)17-25(18-24)35-20-23-11-7-9-13-27(23)29(31)33-15-5-2/h6-13,16-18H,4-5,14-15,19-20H2,1-3H3,(H2,30,32)(H2,31,33). The van der Waals surface area contributed by atoms with E-state index < -0.39 is 0 Å². The minimum atomic E-state index is 0.384. The fraction of sp³-hybridized carbons (Fsp3) is 0.310. The van der Waals surface area contributed by atoms with Gasteiger partial charge in [0, 0.05) is 41.4 Å². The van der Waals surface area contributed by atoms with Crippen LogP contribution in [0.5, 0.6) is 11.5 Å². The molecular formula is C29H36N4O2. The lowest BCUT2D eigenvalue weighted by Crippen LogP contribution is -2.17. The first-order valence-electron chi connectivity index (χ1n) is 12.2. The summed E-state index contributed by atoms with van der Waals surface area (Å²) < 4.78 is 12.3. The molecule has 0 aromatic heterocycles. The maximum absolute atomic E-state index is 6.21. The van der Waals surface area contributed by atoms with Gasteiger partial charge in [-0.25, -0.2) is 0 Å². The predicted molar refractivity (Wildman–Crippen MR) is 144 cm³/mol. The lowest BCUT2D eigenvalue weighted by molar-refractivity contribution is 0.289. The van der Waals surface area contributed by atoms with Crippen molar-refractivity contribution in [3.8, 4) is 11.5 Å². The summed E-state index contributed by atoms with van der Waals surface area (Å²) in [4.78, 5) is 8.89. The van der Waals surface area contributed by atoms with Crippen molar-refractivity contribution in [3.05, 3.63) is 94.5 Å². The first-order valence-corrected chi connectivity index (χ1v) is 12.2. The summed E-state index contributed by atoms with van der Waals surface area (Å²) in [7, 11) is 0. The lowest BCUT2D eigenvalue weighted by Gasteiger charge is -2.14. The number of aryl methyl sites for hydroxylation is 1. The molecule has 35 heavy (non-hydrogen) atoms. The van der Waals surface area contributed by atoms with Crippen LogP contribution in [0.3, 0.4) is 0 Å². The minimum absolute atomic E-state index is 0.384. The summed E-state index contributed by atoms with van der Waals surface area (Å²) in [6.07, 6.45) is 1.90. The molecule has 0 atom stereocenters. The molecule has 0 saturated heterocycles. The van der Waals surface area contributed by atoms with Crippen molar-refractivity contribution in [3.63, 3.8) is 0 Å². The third kappa shape index (κ3) is 7.60. The number of hydrogen-bond acceptors (Lipinski definition) is 4. The SMILES string of the molecule is CCCN=C(N)c1ccccc1COc1cc(C)cc(OCc2ccccc2C(N)=NCCC)c1. The van der Waals surface area contributed by atoms with Crippen LogP contribution in [0, 0.1) is 6.92 Å². The number of rotatable bonds is 12. The molecule has 0 heterocycles. The second-order valence-electron chi connectivity index (χ2n) is 8.41. The van der Waals surface area contributed by atoms with Gasteiger partial charge in [0.15, 0.2) is 0 Å². The number of hydrogen-bond donors (Lipinski definition) is 2. The molecule has 0 aliphatic rings. The van der Waals surface area contributed by atoms with E-state index in [4.69, 9.17) is 20.9 Å². The molecule has 3 rings (SSSR count). The molecule has 6 heteroatoms. The van der Waals surface area contributed by atoms with E-state index in [9.17, 15) is 0 Å². The quantitative estimate of drug-likeness (QED) is 0.273.